The van der Waals surface area contributed by atoms with Gasteiger partial charge >= 0.3 is 0 Å². The highest BCUT2D eigenvalue weighted by atomic mass is 32.2. The minimum absolute atomic E-state index is 0.608. The highest BCUT2D eigenvalue weighted by Gasteiger charge is 2.33. The number of nitrogens with zero attached hydrogens (tertiary/aromatic N) is 1. The summed E-state index contributed by atoms with van der Waals surface area (Å²) in [4.78, 5) is 4.13. The Morgan fingerprint density at radius 3 is 3.06 bits per heavy atom. The van der Waals surface area contributed by atoms with Gasteiger partial charge in [0.15, 0.2) is 0 Å². The lowest BCUT2D eigenvalue weighted by Crippen LogP contribution is -2.39. The van der Waals surface area contributed by atoms with Gasteiger partial charge in [0, 0.05) is 23.5 Å². The maximum Gasteiger partial charge on any atom is 0.0370 e. The van der Waals surface area contributed by atoms with Gasteiger partial charge in [-0.05, 0) is 43.2 Å². The fourth-order valence-electron chi connectivity index (χ4n) is 3.19. The molecule has 3 rings (SSSR count). The lowest BCUT2D eigenvalue weighted by atomic mass is 10.0. The monoisotopic (exact) mass is 248 g/mol. The van der Waals surface area contributed by atoms with Gasteiger partial charge in [0.25, 0.3) is 0 Å². The maximum absolute atomic E-state index is 5.90. The van der Waals surface area contributed by atoms with Crippen LogP contribution in [0, 0.1) is 0 Å². The van der Waals surface area contributed by atoms with Gasteiger partial charge in [-0.1, -0.05) is 18.2 Å². The van der Waals surface area contributed by atoms with Crippen molar-refractivity contribution in [1.82, 2.24) is 4.90 Å². The molecule has 0 radical (unpaired) electrons. The first-order valence-corrected chi connectivity index (χ1v) is 7.56. The van der Waals surface area contributed by atoms with Gasteiger partial charge in [-0.3, -0.25) is 4.90 Å². The number of nitrogens with two attached hydrogens (primary N) is 1. The van der Waals surface area contributed by atoms with Crippen LogP contribution >= 0.6 is 11.8 Å². The van der Waals surface area contributed by atoms with Gasteiger partial charge in [0.05, 0.1) is 0 Å². The van der Waals surface area contributed by atoms with Gasteiger partial charge in [0.1, 0.15) is 0 Å². The van der Waals surface area contributed by atoms with Crippen molar-refractivity contribution in [1.29, 1.82) is 0 Å². The summed E-state index contributed by atoms with van der Waals surface area (Å²) in [6.07, 6.45) is 3.87. The Labute approximate surface area is 108 Å². The second-order valence-electron chi connectivity index (χ2n) is 4.96. The summed E-state index contributed by atoms with van der Waals surface area (Å²) in [5, 5.41) is 0. The zero-order valence-corrected chi connectivity index (χ0v) is 11.0. The van der Waals surface area contributed by atoms with Crippen LogP contribution in [0.3, 0.4) is 0 Å². The summed E-state index contributed by atoms with van der Waals surface area (Å²) >= 11 is 2.00. The largest absolute Gasteiger partial charge is 0.329 e. The number of hydrogen-bond donors (Lipinski definition) is 1. The van der Waals surface area contributed by atoms with Crippen LogP contribution < -0.4 is 5.73 Å². The average molecular weight is 248 g/mol. The zero-order chi connectivity index (χ0) is 11.7. The number of rotatable bonds is 2. The van der Waals surface area contributed by atoms with E-state index in [9.17, 15) is 0 Å². The Balaban J connectivity index is 1.89. The molecule has 2 aliphatic rings. The molecule has 3 heteroatoms. The van der Waals surface area contributed by atoms with E-state index in [0.29, 0.717) is 12.1 Å². The van der Waals surface area contributed by atoms with Crippen molar-refractivity contribution < 1.29 is 0 Å². The molecule has 0 aromatic heterocycles. The van der Waals surface area contributed by atoms with Gasteiger partial charge in [0.2, 0.25) is 0 Å². The van der Waals surface area contributed by atoms with Gasteiger partial charge < -0.3 is 5.73 Å². The Kier molecular flexibility index (Phi) is 3.41. The molecular weight excluding hydrogens is 228 g/mol. The van der Waals surface area contributed by atoms with Gasteiger partial charge in [-0.15, -0.1) is 11.8 Å². The van der Waals surface area contributed by atoms with Crippen molar-refractivity contribution in [2.45, 2.75) is 36.2 Å². The smallest absolute Gasteiger partial charge is 0.0370 e. The highest BCUT2D eigenvalue weighted by molar-refractivity contribution is 7.99. The average Bonchev–Trinajstić information content (AvgIpc) is 2.86. The fraction of sp³-hybridized carbons (Fsp3) is 0.571. The number of thioether (sulfide) groups is 1. The van der Waals surface area contributed by atoms with Crippen LogP contribution in [0.25, 0.3) is 0 Å². The van der Waals surface area contributed by atoms with Gasteiger partial charge in [-0.25, -0.2) is 0 Å². The number of fused-ring (bicyclic) bond motifs is 1. The van der Waals surface area contributed by atoms with Crippen LogP contribution in [0.4, 0.5) is 0 Å². The second-order valence-corrected chi connectivity index (χ2v) is 6.10. The summed E-state index contributed by atoms with van der Waals surface area (Å²) in [5.41, 5.74) is 7.44. The zero-order valence-electron chi connectivity index (χ0n) is 10.1. The summed E-state index contributed by atoms with van der Waals surface area (Å²) in [6.45, 7) is 2.04. The minimum Gasteiger partial charge on any atom is -0.329 e. The van der Waals surface area contributed by atoms with E-state index in [1.807, 2.05) is 11.8 Å². The van der Waals surface area contributed by atoms with Crippen LogP contribution in [-0.4, -0.2) is 29.8 Å². The number of likely N-dealkylation sites (tertiary alicyclic amines) is 1. The molecule has 0 spiro atoms. The first-order chi connectivity index (χ1) is 8.40. The lowest BCUT2D eigenvalue weighted by Gasteiger charge is -2.36. The van der Waals surface area contributed by atoms with E-state index in [4.69, 9.17) is 5.73 Å². The Hall–Kier alpha value is -0.510. The third kappa shape index (κ3) is 2.12. The van der Waals surface area contributed by atoms with E-state index >= 15 is 0 Å². The molecule has 17 heavy (non-hydrogen) atoms. The first-order valence-electron chi connectivity index (χ1n) is 6.57. The van der Waals surface area contributed by atoms with Crippen LogP contribution in [0.5, 0.6) is 0 Å². The van der Waals surface area contributed by atoms with E-state index in [0.717, 1.165) is 6.54 Å². The molecule has 92 valence electrons. The van der Waals surface area contributed by atoms with Crippen LogP contribution in [0.1, 0.15) is 30.9 Å². The molecule has 2 aliphatic heterocycles. The van der Waals surface area contributed by atoms with Crippen LogP contribution in [-0.2, 0) is 0 Å². The predicted molar refractivity (Wildman–Crippen MR) is 73.3 cm³/mol. The molecule has 1 aromatic carbocycles. The second kappa shape index (κ2) is 5.01. The van der Waals surface area contributed by atoms with E-state index in [1.165, 1.54) is 42.0 Å². The highest BCUT2D eigenvalue weighted by Crippen LogP contribution is 2.41. The molecule has 1 fully saturated rings. The van der Waals surface area contributed by atoms with Crippen molar-refractivity contribution in [3.8, 4) is 0 Å². The maximum atomic E-state index is 5.90. The van der Waals surface area contributed by atoms with Crippen molar-refractivity contribution in [2.75, 3.05) is 18.8 Å². The van der Waals surface area contributed by atoms with Gasteiger partial charge in [-0.2, -0.15) is 0 Å². The molecule has 1 aromatic rings. The van der Waals surface area contributed by atoms with E-state index in [2.05, 4.69) is 29.2 Å². The fourth-order valence-corrected chi connectivity index (χ4v) is 4.30. The van der Waals surface area contributed by atoms with Crippen molar-refractivity contribution >= 4 is 11.8 Å². The van der Waals surface area contributed by atoms with E-state index in [-0.39, 0.29) is 0 Å². The predicted octanol–water partition coefficient (Wildman–Crippen LogP) is 2.65. The van der Waals surface area contributed by atoms with Crippen molar-refractivity contribution in [2.24, 2.45) is 5.73 Å². The Morgan fingerprint density at radius 1 is 1.29 bits per heavy atom. The summed E-state index contributed by atoms with van der Waals surface area (Å²) in [7, 11) is 0. The first kappa shape index (κ1) is 11.6. The molecule has 2 nitrogen and oxygen atoms in total. The molecular formula is C14H20N2S. The van der Waals surface area contributed by atoms with Crippen LogP contribution in [0.2, 0.25) is 0 Å². The molecule has 0 bridgehead atoms. The minimum atomic E-state index is 0.608. The Bertz CT molecular complexity index is 394. The molecule has 2 atom stereocenters. The van der Waals surface area contributed by atoms with Crippen molar-refractivity contribution in [3.63, 3.8) is 0 Å². The summed E-state index contributed by atoms with van der Waals surface area (Å²) in [6, 6.07) is 10.1. The SMILES string of the molecule is NCC1CCCN1C1CCSc2ccccc21. The molecule has 2 N–H and O–H groups in total. The number of benzene rings is 1. The molecule has 2 heterocycles. The standard InChI is InChI=1S/C14H20N2S/c15-10-11-4-3-8-16(11)13-7-9-17-14-6-2-1-5-12(13)14/h1-2,5-6,11,13H,3-4,7-10,15H2. The topological polar surface area (TPSA) is 29.3 Å². The van der Waals surface area contributed by atoms with E-state index < -0.39 is 0 Å². The Morgan fingerprint density at radius 2 is 2.18 bits per heavy atom. The van der Waals surface area contributed by atoms with Crippen molar-refractivity contribution in [3.05, 3.63) is 29.8 Å². The normalized spacial score (nSPS) is 29.2. The molecule has 0 amide bonds. The molecule has 1 saturated heterocycles. The summed E-state index contributed by atoms with van der Waals surface area (Å²) < 4.78 is 0. The molecule has 2 unspecified atom stereocenters. The molecule has 0 saturated carbocycles. The third-order valence-electron chi connectivity index (χ3n) is 4.02. The quantitative estimate of drug-likeness (QED) is 0.872. The van der Waals surface area contributed by atoms with Crippen LogP contribution in [0.15, 0.2) is 29.2 Å². The van der Waals surface area contributed by atoms with E-state index in [1.54, 1.807) is 0 Å². The molecule has 0 aliphatic carbocycles. The number of hydrogen-bond acceptors (Lipinski definition) is 3. The third-order valence-corrected chi connectivity index (χ3v) is 5.14. The lowest BCUT2D eigenvalue weighted by molar-refractivity contribution is 0.176. The summed E-state index contributed by atoms with van der Waals surface area (Å²) in [5.74, 6) is 1.25.